The lowest BCUT2D eigenvalue weighted by Crippen LogP contribution is -2.38. The van der Waals surface area contributed by atoms with Crippen LogP contribution in [0.1, 0.15) is 32.3 Å². The lowest BCUT2D eigenvalue weighted by Gasteiger charge is -2.30. The van der Waals surface area contributed by atoms with Gasteiger partial charge in [-0.05, 0) is 37.1 Å². The number of hydrogen-bond acceptors (Lipinski definition) is 3. The van der Waals surface area contributed by atoms with Crippen LogP contribution in [0.15, 0.2) is 23.2 Å². The minimum atomic E-state index is -1.14. The number of fused-ring (bicyclic) bond motifs is 1. The van der Waals surface area contributed by atoms with Crippen molar-refractivity contribution in [1.82, 2.24) is 0 Å². The number of carbonyl (C=O) groups is 1. The third kappa shape index (κ3) is 1.73. The number of carbonyl (C=O) groups excluding carboxylic acids is 1. The molecule has 0 aliphatic carbocycles. The van der Waals surface area contributed by atoms with Crippen molar-refractivity contribution in [3.05, 3.63) is 29.6 Å². The number of nitrogens with zero attached hydrogens (tertiary/aromatic N) is 1. The highest BCUT2D eigenvalue weighted by molar-refractivity contribution is 6.02. The van der Waals surface area contributed by atoms with E-state index in [0.29, 0.717) is 23.4 Å². The Labute approximate surface area is 99.0 Å². The van der Waals surface area contributed by atoms with Crippen LogP contribution in [0.5, 0.6) is 0 Å². The Balaban J connectivity index is 2.58. The summed E-state index contributed by atoms with van der Waals surface area (Å²) >= 11 is 0. The lowest BCUT2D eigenvalue weighted by atomic mass is 9.73. The van der Waals surface area contributed by atoms with E-state index in [1.807, 2.05) is 6.92 Å². The Morgan fingerprint density at radius 2 is 2.24 bits per heavy atom. The van der Waals surface area contributed by atoms with E-state index in [4.69, 9.17) is 0 Å². The summed E-state index contributed by atoms with van der Waals surface area (Å²) in [5.41, 5.74) is 1.31. The molecule has 1 atom stereocenters. The van der Waals surface area contributed by atoms with Crippen LogP contribution in [0.3, 0.4) is 0 Å². The van der Waals surface area contributed by atoms with Crippen LogP contribution in [0, 0.1) is 5.82 Å². The Kier molecular flexibility index (Phi) is 2.73. The van der Waals surface area contributed by atoms with Crippen LogP contribution in [0.2, 0.25) is 0 Å². The van der Waals surface area contributed by atoms with E-state index in [1.165, 1.54) is 12.1 Å². The normalized spacial score (nSPS) is 22.2. The summed E-state index contributed by atoms with van der Waals surface area (Å²) in [6.45, 7) is 3.66. The molecule has 0 spiro atoms. The number of halogens is 1. The van der Waals surface area contributed by atoms with Crippen LogP contribution >= 0.6 is 0 Å². The topological polar surface area (TPSA) is 52.5 Å². The minimum Gasteiger partial charge on any atom is -0.550 e. The van der Waals surface area contributed by atoms with E-state index in [1.54, 1.807) is 13.0 Å². The fourth-order valence-electron chi connectivity index (χ4n) is 2.51. The predicted octanol–water partition coefficient (Wildman–Crippen LogP) is 1.72. The fraction of sp³-hybridized carbons (Fsp3) is 0.385. The maximum Gasteiger partial charge on any atom is 0.123 e. The van der Waals surface area contributed by atoms with Crippen molar-refractivity contribution in [3.8, 4) is 0 Å². The second-order valence-electron chi connectivity index (χ2n) is 4.34. The van der Waals surface area contributed by atoms with Crippen molar-refractivity contribution in [2.24, 2.45) is 4.99 Å². The third-order valence-corrected chi connectivity index (χ3v) is 3.50. The molecule has 1 aliphatic heterocycles. The molecule has 0 bridgehead atoms. The first-order chi connectivity index (χ1) is 7.99. The second-order valence-corrected chi connectivity index (χ2v) is 4.34. The first-order valence-electron chi connectivity index (χ1n) is 5.55. The standard InChI is InChI=1S/C13H14FNO2/c1-3-13(7-12(16)17)8(2)15-11-5-4-9(14)6-10(11)13/h4-6H,3,7H2,1-2H3,(H,16,17)/p-1. The van der Waals surface area contributed by atoms with E-state index in [2.05, 4.69) is 4.99 Å². The molecule has 90 valence electrons. The van der Waals surface area contributed by atoms with Gasteiger partial charge in [0.05, 0.1) is 5.69 Å². The molecule has 1 aromatic rings. The summed E-state index contributed by atoms with van der Waals surface area (Å²) < 4.78 is 13.3. The van der Waals surface area contributed by atoms with Crippen molar-refractivity contribution in [1.29, 1.82) is 0 Å². The van der Waals surface area contributed by atoms with Gasteiger partial charge >= 0.3 is 0 Å². The van der Waals surface area contributed by atoms with Gasteiger partial charge in [0.2, 0.25) is 0 Å². The molecule has 0 saturated carbocycles. The van der Waals surface area contributed by atoms with Gasteiger partial charge in [-0.3, -0.25) is 4.99 Å². The average molecular weight is 234 g/mol. The van der Waals surface area contributed by atoms with Gasteiger partial charge in [-0.15, -0.1) is 0 Å². The quantitative estimate of drug-likeness (QED) is 0.799. The van der Waals surface area contributed by atoms with E-state index >= 15 is 0 Å². The number of hydrogen-bond donors (Lipinski definition) is 0. The van der Waals surface area contributed by atoms with Crippen molar-refractivity contribution >= 4 is 17.4 Å². The smallest absolute Gasteiger partial charge is 0.123 e. The molecule has 0 radical (unpaired) electrons. The first-order valence-corrected chi connectivity index (χ1v) is 5.55. The van der Waals surface area contributed by atoms with Crippen LogP contribution in [0.4, 0.5) is 10.1 Å². The number of aliphatic carboxylic acids is 1. The van der Waals surface area contributed by atoms with Crippen LogP contribution in [-0.2, 0) is 10.2 Å². The predicted molar refractivity (Wildman–Crippen MR) is 60.8 cm³/mol. The minimum absolute atomic E-state index is 0.157. The van der Waals surface area contributed by atoms with Gasteiger partial charge in [0.15, 0.2) is 0 Å². The van der Waals surface area contributed by atoms with Gasteiger partial charge in [-0.2, -0.15) is 0 Å². The average Bonchev–Trinajstić information content (AvgIpc) is 2.52. The maximum atomic E-state index is 13.3. The molecule has 4 heteroatoms. The maximum absolute atomic E-state index is 13.3. The van der Waals surface area contributed by atoms with E-state index in [0.717, 1.165) is 0 Å². The molecule has 1 aromatic carbocycles. The molecule has 1 aliphatic rings. The molecule has 3 nitrogen and oxygen atoms in total. The largest absolute Gasteiger partial charge is 0.550 e. The van der Waals surface area contributed by atoms with Gasteiger partial charge in [0.1, 0.15) is 5.82 Å². The zero-order valence-electron chi connectivity index (χ0n) is 9.79. The van der Waals surface area contributed by atoms with Gasteiger partial charge < -0.3 is 9.90 Å². The Morgan fingerprint density at radius 1 is 1.53 bits per heavy atom. The van der Waals surface area contributed by atoms with Gasteiger partial charge in [-0.25, -0.2) is 4.39 Å². The summed E-state index contributed by atoms with van der Waals surface area (Å²) in [7, 11) is 0. The molecule has 2 rings (SSSR count). The Hall–Kier alpha value is -1.71. The number of rotatable bonds is 3. The summed E-state index contributed by atoms with van der Waals surface area (Å²) in [5, 5.41) is 10.9. The molecule has 0 aromatic heterocycles. The molecule has 0 fully saturated rings. The molecule has 1 unspecified atom stereocenters. The van der Waals surface area contributed by atoms with E-state index < -0.39 is 11.4 Å². The number of carboxylic acids is 1. The van der Waals surface area contributed by atoms with Crippen molar-refractivity contribution in [2.75, 3.05) is 0 Å². The molecule has 0 amide bonds. The summed E-state index contributed by atoms with van der Waals surface area (Å²) in [6, 6.07) is 4.29. The highest BCUT2D eigenvalue weighted by Gasteiger charge is 2.40. The van der Waals surface area contributed by atoms with Gasteiger partial charge in [0.25, 0.3) is 0 Å². The Bertz CT molecular complexity index is 510. The zero-order chi connectivity index (χ0) is 12.6. The fourth-order valence-corrected chi connectivity index (χ4v) is 2.51. The molecule has 0 saturated heterocycles. The molecule has 1 heterocycles. The Morgan fingerprint density at radius 3 is 2.82 bits per heavy atom. The molecule has 17 heavy (non-hydrogen) atoms. The van der Waals surface area contributed by atoms with Gasteiger partial charge in [-0.1, -0.05) is 6.92 Å². The summed E-state index contributed by atoms with van der Waals surface area (Å²) in [4.78, 5) is 15.2. The van der Waals surface area contributed by atoms with E-state index in [9.17, 15) is 14.3 Å². The summed E-state index contributed by atoms with van der Waals surface area (Å²) in [5.74, 6) is -1.51. The number of benzene rings is 1. The van der Waals surface area contributed by atoms with Crippen molar-refractivity contribution in [2.45, 2.75) is 32.1 Å². The van der Waals surface area contributed by atoms with Crippen molar-refractivity contribution in [3.63, 3.8) is 0 Å². The summed E-state index contributed by atoms with van der Waals surface area (Å²) in [6.07, 6.45) is 0.405. The monoisotopic (exact) mass is 234 g/mol. The highest BCUT2D eigenvalue weighted by atomic mass is 19.1. The molecule has 0 N–H and O–H groups in total. The van der Waals surface area contributed by atoms with Gasteiger partial charge in [0, 0.05) is 23.5 Å². The third-order valence-electron chi connectivity index (χ3n) is 3.50. The number of aliphatic imine (C=N–C) groups is 1. The van der Waals surface area contributed by atoms with Crippen LogP contribution in [-0.4, -0.2) is 11.7 Å². The zero-order valence-corrected chi connectivity index (χ0v) is 9.79. The van der Waals surface area contributed by atoms with Crippen molar-refractivity contribution < 1.29 is 14.3 Å². The lowest BCUT2D eigenvalue weighted by molar-refractivity contribution is -0.306. The first kappa shape index (κ1) is 11.8. The van der Waals surface area contributed by atoms with Crippen LogP contribution in [0.25, 0.3) is 0 Å². The molecular weight excluding hydrogens is 221 g/mol. The van der Waals surface area contributed by atoms with E-state index in [-0.39, 0.29) is 12.2 Å². The highest BCUT2D eigenvalue weighted by Crippen LogP contribution is 2.44. The molecular formula is C13H13FNO2-. The number of carboxylic acid groups (broad SMARTS) is 1. The SMILES string of the molecule is CCC1(CC(=O)[O-])C(C)=Nc2ccc(F)cc21. The second kappa shape index (κ2) is 3.95. The van der Waals surface area contributed by atoms with Crippen LogP contribution < -0.4 is 5.11 Å².